The van der Waals surface area contributed by atoms with Crippen LogP contribution >= 0.6 is 15.9 Å². The van der Waals surface area contributed by atoms with Crippen LogP contribution in [0, 0.1) is 0 Å². The molecule has 0 aliphatic carbocycles. The predicted octanol–water partition coefficient (Wildman–Crippen LogP) is 4.62. The Hall–Kier alpha value is -2.38. The average molecular weight is 475 g/mol. The monoisotopic (exact) mass is 474 g/mol. The van der Waals surface area contributed by atoms with E-state index in [-0.39, 0.29) is 12.0 Å². The van der Waals surface area contributed by atoms with Crippen molar-refractivity contribution >= 4 is 27.9 Å². The third-order valence-electron chi connectivity index (χ3n) is 4.66. The SMILES string of the molecule is CC(C)(C)OC(=O)N[C@H](C(=O)N1CCOC(c2ccc(Br)cc2)C1)c1ccccc1. The summed E-state index contributed by atoms with van der Waals surface area (Å²) < 4.78 is 12.3. The normalized spacial score (nSPS) is 17.9. The number of carbonyl (C=O) groups excluding carboxylic acids is 2. The van der Waals surface area contributed by atoms with Crippen LogP contribution in [0.2, 0.25) is 0 Å². The van der Waals surface area contributed by atoms with Gasteiger partial charge >= 0.3 is 6.09 Å². The minimum atomic E-state index is -0.829. The van der Waals surface area contributed by atoms with Gasteiger partial charge in [-0.25, -0.2) is 4.79 Å². The average Bonchev–Trinajstić information content (AvgIpc) is 2.71. The molecular weight excluding hydrogens is 448 g/mol. The fraction of sp³-hybridized carbons (Fsp3) is 0.391. The topological polar surface area (TPSA) is 67.9 Å². The molecule has 0 saturated carbocycles. The molecule has 7 heteroatoms. The third kappa shape index (κ3) is 6.06. The molecule has 0 radical (unpaired) electrons. The Kier molecular flexibility index (Phi) is 7.15. The second-order valence-corrected chi connectivity index (χ2v) is 9.10. The number of amides is 2. The van der Waals surface area contributed by atoms with Crippen LogP contribution in [-0.2, 0) is 14.3 Å². The Morgan fingerprint density at radius 1 is 1.13 bits per heavy atom. The van der Waals surface area contributed by atoms with E-state index in [2.05, 4.69) is 21.2 Å². The van der Waals surface area contributed by atoms with Crippen molar-refractivity contribution in [2.24, 2.45) is 0 Å². The van der Waals surface area contributed by atoms with Gasteiger partial charge in [0.15, 0.2) is 0 Å². The molecule has 1 aliphatic rings. The molecule has 1 fully saturated rings. The summed E-state index contributed by atoms with van der Waals surface area (Å²) in [6.45, 7) is 6.68. The molecule has 1 saturated heterocycles. The molecular formula is C23H27BrN2O4. The van der Waals surface area contributed by atoms with Gasteiger partial charge in [-0.3, -0.25) is 4.79 Å². The molecule has 1 unspecified atom stereocenters. The summed E-state index contributed by atoms with van der Waals surface area (Å²) in [4.78, 5) is 27.6. The zero-order valence-electron chi connectivity index (χ0n) is 17.4. The number of hydrogen-bond donors (Lipinski definition) is 1. The van der Waals surface area contributed by atoms with Gasteiger partial charge < -0.3 is 19.7 Å². The van der Waals surface area contributed by atoms with E-state index in [1.165, 1.54) is 0 Å². The van der Waals surface area contributed by atoms with Gasteiger partial charge in [-0.2, -0.15) is 0 Å². The molecule has 1 N–H and O–H groups in total. The number of hydrogen-bond acceptors (Lipinski definition) is 4. The van der Waals surface area contributed by atoms with E-state index in [4.69, 9.17) is 9.47 Å². The van der Waals surface area contributed by atoms with E-state index < -0.39 is 17.7 Å². The number of carbonyl (C=O) groups is 2. The van der Waals surface area contributed by atoms with Crippen LogP contribution in [0.4, 0.5) is 4.79 Å². The second-order valence-electron chi connectivity index (χ2n) is 8.19. The van der Waals surface area contributed by atoms with E-state index in [0.717, 1.165) is 10.0 Å². The molecule has 3 rings (SSSR count). The van der Waals surface area contributed by atoms with E-state index in [0.29, 0.717) is 25.3 Å². The first kappa shape index (κ1) is 22.3. The van der Waals surface area contributed by atoms with Crippen LogP contribution < -0.4 is 5.32 Å². The number of nitrogens with zero attached hydrogens (tertiary/aromatic N) is 1. The van der Waals surface area contributed by atoms with Crippen molar-refractivity contribution in [3.63, 3.8) is 0 Å². The van der Waals surface area contributed by atoms with Crippen molar-refractivity contribution in [1.82, 2.24) is 10.2 Å². The Labute approximate surface area is 185 Å². The summed E-state index contributed by atoms with van der Waals surface area (Å²) >= 11 is 3.44. The number of alkyl carbamates (subject to hydrolysis) is 1. The standard InChI is InChI=1S/C23H27BrN2O4/c1-23(2,3)30-22(28)25-20(17-7-5-4-6-8-17)21(27)26-13-14-29-19(15-26)16-9-11-18(24)12-10-16/h4-12,19-20H,13-15H2,1-3H3,(H,25,28)/t19?,20-/m0/s1. The second kappa shape index (κ2) is 9.62. The number of benzene rings is 2. The Bertz CT molecular complexity index is 865. The zero-order chi connectivity index (χ0) is 21.7. The smallest absolute Gasteiger partial charge is 0.408 e. The minimum absolute atomic E-state index is 0.183. The molecule has 2 atom stereocenters. The first-order valence-corrected chi connectivity index (χ1v) is 10.7. The third-order valence-corrected chi connectivity index (χ3v) is 5.19. The summed E-state index contributed by atoms with van der Waals surface area (Å²) in [6, 6.07) is 16.3. The van der Waals surface area contributed by atoms with Gasteiger partial charge in [0.1, 0.15) is 17.7 Å². The quantitative estimate of drug-likeness (QED) is 0.701. The molecule has 0 aromatic heterocycles. The number of nitrogens with one attached hydrogen (secondary N) is 1. The number of ether oxygens (including phenoxy) is 2. The van der Waals surface area contributed by atoms with Crippen molar-refractivity contribution in [3.8, 4) is 0 Å². The van der Waals surface area contributed by atoms with Crippen molar-refractivity contribution in [1.29, 1.82) is 0 Å². The predicted molar refractivity (Wildman–Crippen MR) is 118 cm³/mol. The highest BCUT2D eigenvalue weighted by molar-refractivity contribution is 9.10. The molecule has 2 amide bonds. The zero-order valence-corrected chi connectivity index (χ0v) is 19.0. The van der Waals surface area contributed by atoms with Crippen molar-refractivity contribution in [2.45, 2.75) is 38.5 Å². The van der Waals surface area contributed by atoms with Crippen LogP contribution in [0.1, 0.15) is 44.0 Å². The molecule has 6 nitrogen and oxygen atoms in total. The van der Waals surface area contributed by atoms with E-state index in [1.807, 2.05) is 54.6 Å². The summed E-state index contributed by atoms with van der Waals surface area (Å²) in [5.74, 6) is -0.183. The highest BCUT2D eigenvalue weighted by Gasteiger charge is 2.33. The molecule has 2 aromatic rings. The fourth-order valence-corrected chi connectivity index (χ4v) is 3.53. The molecule has 0 bridgehead atoms. The summed E-state index contributed by atoms with van der Waals surface area (Å²) in [5.41, 5.74) is 1.06. The van der Waals surface area contributed by atoms with E-state index in [1.54, 1.807) is 25.7 Å². The highest BCUT2D eigenvalue weighted by Crippen LogP contribution is 2.26. The van der Waals surface area contributed by atoms with Gasteiger partial charge in [-0.05, 0) is 44.0 Å². The van der Waals surface area contributed by atoms with Gasteiger partial charge in [-0.15, -0.1) is 0 Å². The fourth-order valence-electron chi connectivity index (χ4n) is 3.27. The van der Waals surface area contributed by atoms with E-state index in [9.17, 15) is 9.59 Å². The largest absolute Gasteiger partial charge is 0.444 e. The lowest BCUT2D eigenvalue weighted by Gasteiger charge is -2.35. The Balaban J connectivity index is 1.77. The maximum atomic E-state index is 13.4. The lowest BCUT2D eigenvalue weighted by Crippen LogP contribution is -2.48. The number of halogens is 1. The van der Waals surface area contributed by atoms with Gasteiger partial charge in [-0.1, -0.05) is 58.4 Å². The Morgan fingerprint density at radius 3 is 2.43 bits per heavy atom. The molecule has 30 heavy (non-hydrogen) atoms. The molecule has 1 heterocycles. The lowest BCUT2D eigenvalue weighted by molar-refractivity contribution is -0.141. The van der Waals surface area contributed by atoms with Gasteiger partial charge in [0, 0.05) is 11.0 Å². The molecule has 1 aliphatic heterocycles. The first-order chi connectivity index (χ1) is 14.2. The maximum Gasteiger partial charge on any atom is 0.408 e. The number of morpholine rings is 1. The maximum absolute atomic E-state index is 13.4. The highest BCUT2D eigenvalue weighted by atomic mass is 79.9. The van der Waals surface area contributed by atoms with Gasteiger partial charge in [0.05, 0.1) is 13.2 Å². The minimum Gasteiger partial charge on any atom is -0.444 e. The summed E-state index contributed by atoms with van der Waals surface area (Å²) in [6.07, 6.45) is -0.837. The van der Waals surface area contributed by atoms with Crippen LogP contribution in [0.15, 0.2) is 59.1 Å². The van der Waals surface area contributed by atoms with Crippen LogP contribution in [0.3, 0.4) is 0 Å². The van der Waals surface area contributed by atoms with Crippen molar-refractivity contribution in [2.75, 3.05) is 19.7 Å². The van der Waals surface area contributed by atoms with Crippen molar-refractivity contribution in [3.05, 3.63) is 70.2 Å². The van der Waals surface area contributed by atoms with E-state index >= 15 is 0 Å². The van der Waals surface area contributed by atoms with Crippen LogP contribution in [0.25, 0.3) is 0 Å². The van der Waals surface area contributed by atoms with Gasteiger partial charge in [0.25, 0.3) is 0 Å². The lowest BCUT2D eigenvalue weighted by atomic mass is 10.0. The summed E-state index contributed by atoms with van der Waals surface area (Å²) in [5, 5.41) is 2.75. The summed E-state index contributed by atoms with van der Waals surface area (Å²) in [7, 11) is 0. The van der Waals surface area contributed by atoms with Crippen LogP contribution in [-0.4, -0.2) is 42.2 Å². The molecule has 0 spiro atoms. The Morgan fingerprint density at radius 2 is 1.80 bits per heavy atom. The first-order valence-electron chi connectivity index (χ1n) is 9.93. The number of rotatable bonds is 4. The van der Waals surface area contributed by atoms with Gasteiger partial charge in [0.2, 0.25) is 5.91 Å². The van der Waals surface area contributed by atoms with Crippen LogP contribution in [0.5, 0.6) is 0 Å². The molecule has 2 aromatic carbocycles. The van der Waals surface area contributed by atoms with Crippen molar-refractivity contribution < 1.29 is 19.1 Å². The molecule has 160 valence electrons.